The van der Waals surface area contributed by atoms with Gasteiger partial charge in [0.2, 0.25) is 0 Å². The number of nitrogens with one attached hydrogen (secondary N) is 1. The molecule has 0 fully saturated rings. The predicted molar refractivity (Wildman–Crippen MR) is 112 cm³/mol. The van der Waals surface area contributed by atoms with E-state index >= 15 is 0 Å². The smallest absolute Gasteiger partial charge is 0.255 e. The number of ether oxygens (including phenoxy) is 2. The molecule has 0 aliphatic rings. The van der Waals surface area contributed by atoms with Crippen molar-refractivity contribution in [3.8, 4) is 11.5 Å². The summed E-state index contributed by atoms with van der Waals surface area (Å²) in [7, 11) is -2.34. The normalized spacial score (nSPS) is 12.2. The van der Waals surface area contributed by atoms with E-state index in [-0.39, 0.29) is 17.2 Å². The summed E-state index contributed by atoms with van der Waals surface area (Å²) < 4.78 is 42.5. The van der Waals surface area contributed by atoms with Gasteiger partial charge in [0.1, 0.15) is 22.5 Å². The lowest BCUT2D eigenvalue weighted by Gasteiger charge is -2.17. The molecule has 158 valence electrons. The van der Waals surface area contributed by atoms with Crippen molar-refractivity contribution >= 4 is 15.7 Å². The highest BCUT2D eigenvalue weighted by Crippen LogP contribution is 2.30. The number of benzene rings is 2. The molecule has 0 spiro atoms. The van der Waals surface area contributed by atoms with Crippen LogP contribution in [0.5, 0.6) is 11.5 Å². The largest absolute Gasteiger partial charge is 0.497 e. The van der Waals surface area contributed by atoms with Crippen LogP contribution in [-0.4, -0.2) is 34.6 Å². The molecule has 2 aromatic carbocycles. The first-order valence-corrected chi connectivity index (χ1v) is 10.9. The number of amides is 1. The number of sulfone groups is 1. The number of hydrogen-bond donors (Lipinski definition) is 1. The van der Waals surface area contributed by atoms with Crippen molar-refractivity contribution in [1.29, 1.82) is 0 Å². The van der Waals surface area contributed by atoms with Crippen LogP contribution in [0, 0.1) is 0 Å². The first-order valence-electron chi connectivity index (χ1n) is 9.38. The zero-order valence-electron chi connectivity index (χ0n) is 16.7. The van der Waals surface area contributed by atoms with E-state index in [4.69, 9.17) is 13.9 Å². The molecule has 1 N–H and O–H groups in total. The second-order valence-corrected chi connectivity index (χ2v) is 8.49. The third kappa shape index (κ3) is 4.65. The van der Waals surface area contributed by atoms with Crippen LogP contribution in [0.3, 0.4) is 0 Å². The fourth-order valence-electron chi connectivity index (χ4n) is 2.98. The SMILES string of the molecule is CCOc1ccccc1C(=O)NC[C@H](c1ccco1)S(=O)(=O)c1ccc(OC)cc1. The summed E-state index contributed by atoms with van der Waals surface area (Å²) in [4.78, 5) is 12.8. The van der Waals surface area contributed by atoms with Gasteiger partial charge in [0.25, 0.3) is 5.91 Å². The Balaban J connectivity index is 1.86. The van der Waals surface area contributed by atoms with Gasteiger partial charge in [0, 0.05) is 6.54 Å². The average Bonchev–Trinajstić information content (AvgIpc) is 3.28. The van der Waals surface area contributed by atoms with Crippen LogP contribution in [0.15, 0.2) is 76.2 Å². The Morgan fingerprint density at radius 1 is 1.07 bits per heavy atom. The molecule has 0 unspecified atom stereocenters. The Morgan fingerprint density at radius 3 is 2.43 bits per heavy atom. The van der Waals surface area contributed by atoms with Crippen LogP contribution in [0.2, 0.25) is 0 Å². The van der Waals surface area contributed by atoms with Crippen LogP contribution in [0.4, 0.5) is 0 Å². The molecule has 1 atom stereocenters. The molecule has 0 saturated carbocycles. The van der Waals surface area contributed by atoms with Crippen LogP contribution < -0.4 is 14.8 Å². The van der Waals surface area contributed by atoms with E-state index in [1.54, 1.807) is 48.5 Å². The maximum Gasteiger partial charge on any atom is 0.255 e. The van der Waals surface area contributed by atoms with Crippen LogP contribution in [-0.2, 0) is 9.84 Å². The van der Waals surface area contributed by atoms with Gasteiger partial charge in [-0.3, -0.25) is 4.79 Å². The van der Waals surface area contributed by atoms with Crippen molar-refractivity contribution < 1.29 is 27.1 Å². The van der Waals surface area contributed by atoms with Gasteiger partial charge >= 0.3 is 0 Å². The van der Waals surface area contributed by atoms with E-state index in [1.165, 1.54) is 25.5 Å². The third-order valence-corrected chi connectivity index (χ3v) is 6.58. The van der Waals surface area contributed by atoms with Crippen molar-refractivity contribution in [2.24, 2.45) is 0 Å². The molecule has 0 saturated heterocycles. The van der Waals surface area contributed by atoms with Crippen LogP contribution in [0.1, 0.15) is 28.3 Å². The highest BCUT2D eigenvalue weighted by molar-refractivity contribution is 7.91. The first kappa shape index (κ1) is 21.4. The summed E-state index contributed by atoms with van der Waals surface area (Å²) in [5.74, 6) is 0.791. The molecule has 1 aromatic heterocycles. The lowest BCUT2D eigenvalue weighted by atomic mass is 10.2. The fourth-order valence-corrected chi connectivity index (χ4v) is 4.57. The number of furan rings is 1. The zero-order valence-corrected chi connectivity index (χ0v) is 17.5. The van der Waals surface area contributed by atoms with Crippen molar-refractivity contribution in [2.75, 3.05) is 20.3 Å². The van der Waals surface area contributed by atoms with Gasteiger partial charge < -0.3 is 19.2 Å². The van der Waals surface area contributed by atoms with Gasteiger partial charge in [0.15, 0.2) is 9.84 Å². The number of rotatable bonds is 9. The minimum atomic E-state index is -3.84. The van der Waals surface area contributed by atoms with Gasteiger partial charge in [-0.2, -0.15) is 0 Å². The highest BCUT2D eigenvalue weighted by Gasteiger charge is 2.32. The number of para-hydroxylation sites is 1. The van der Waals surface area contributed by atoms with E-state index < -0.39 is 21.0 Å². The number of carbonyl (C=O) groups is 1. The zero-order chi connectivity index (χ0) is 21.6. The Kier molecular flexibility index (Phi) is 6.79. The average molecular weight is 429 g/mol. The Morgan fingerprint density at radius 2 is 1.80 bits per heavy atom. The second kappa shape index (κ2) is 9.49. The molecule has 3 aromatic rings. The molecule has 8 heteroatoms. The van der Waals surface area contributed by atoms with Crippen LogP contribution >= 0.6 is 0 Å². The number of methoxy groups -OCH3 is 1. The van der Waals surface area contributed by atoms with E-state index in [0.29, 0.717) is 23.7 Å². The maximum absolute atomic E-state index is 13.3. The minimum Gasteiger partial charge on any atom is -0.497 e. The predicted octanol–water partition coefficient (Wildman–Crippen LogP) is 3.63. The lowest BCUT2D eigenvalue weighted by molar-refractivity contribution is 0.0949. The minimum absolute atomic E-state index is 0.105. The summed E-state index contributed by atoms with van der Waals surface area (Å²) in [6.45, 7) is 2.06. The number of hydrogen-bond acceptors (Lipinski definition) is 6. The van der Waals surface area contributed by atoms with E-state index in [1.807, 2.05) is 6.92 Å². The van der Waals surface area contributed by atoms with Crippen molar-refractivity contribution in [1.82, 2.24) is 5.32 Å². The molecule has 30 heavy (non-hydrogen) atoms. The molecule has 0 aliphatic carbocycles. The van der Waals surface area contributed by atoms with Gasteiger partial charge in [0.05, 0.1) is 30.4 Å². The summed E-state index contributed by atoms with van der Waals surface area (Å²) in [5.41, 5.74) is 0.333. The molecule has 0 aliphatic heterocycles. The van der Waals surface area contributed by atoms with Crippen molar-refractivity contribution in [3.05, 3.63) is 78.3 Å². The van der Waals surface area contributed by atoms with Gasteiger partial charge in [-0.1, -0.05) is 12.1 Å². The molecule has 1 heterocycles. The van der Waals surface area contributed by atoms with Crippen molar-refractivity contribution in [3.63, 3.8) is 0 Å². The van der Waals surface area contributed by atoms with E-state index in [9.17, 15) is 13.2 Å². The lowest BCUT2D eigenvalue weighted by Crippen LogP contribution is -2.32. The topological polar surface area (TPSA) is 94.8 Å². The van der Waals surface area contributed by atoms with Gasteiger partial charge in [-0.05, 0) is 55.5 Å². The standard InChI is InChI=1S/C22H23NO6S/c1-3-28-19-8-5-4-7-18(19)22(24)23-15-21(20-9-6-14-29-20)30(25,26)17-12-10-16(27-2)11-13-17/h4-14,21H,3,15H2,1-2H3,(H,23,24)/t21-/m1/s1. The van der Waals surface area contributed by atoms with Gasteiger partial charge in [-0.15, -0.1) is 0 Å². The van der Waals surface area contributed by atoms with E-state index in [0.717, 1.165) is 0 Å². The molecule has 7 nitrogen and oxygen atoms in total. The molecular weight excluding hydrogens is 406 g/mol. The maximum atomic E-state index is 13.3. The number of carbonyl (C=O) groups excluding carboxylic acids is 1. The second-order valence-electron chi connectivity index (χ2n) is 6.36. The Bertz CT molecular complexity index is 1080. The summed E-state index contributed by atoms with van der Waals surface area (Å²) in [5, 5.41) is 1.61. The van der Waals surface area contributed by atoms with E-state index in [2.05, 4.69) is 5.32 Å². The highest BCUT2D eigenvalue weighted by atomic mass is 32.2. The van der Waals surface area contributed by atoms with Crippen LogP contribution in [0.25, 0.3) is 0 Å². The third-order valence-electron chi connectivity index (χ3n) is 4.50. The Labute approximate surface area is 175 Å². The quantitative estimate of drug-likeness (QED) is 0.558. The molecule has 0 radical (unpaired) electrons. The summed E-state index contributed by atoms with van der Waals surface area (Å²) in [6, 6.07) is 16.1. The monoisotopic (exact) mass is 429 g/mol. The fraction of sp³-hybridized carbons (Fsp3) is 0.227. The summed E-state index contributed by atoms with van der Waals surface area (Å²) in [6.07, 6.45) is 1.40. The van der Waals surface area contributed by atoms with Crippen molar-refractivity contribution in [2.45, 2.75) is 17.1 Å². The van der Waals surface area contributed by atoms with Gasteiger partial charge in [-0.25, -0.2) is 8.42 Å². The molecule has 1 amide bonds. The summed E-state index contributed by atoms with van der Waals surface area (Å²) >= 11 is 0. The Hall–Kier alpha value is -3.26. The molecule has 3 rings (SSSR count). The first-order chi connectivity index (χ1) is 14.5. The molecule has 0 bridgehead atoms. The molecular formula is C22H23NO6S.